The highest BCUT2D eigenvalue weighted by Gasteiger charge is 2.27. The molecule has 0 spiro atoms. The highest BCUT2D eigenvalue weighted by molar-refractivity contribution is 5.88. The monoisotopic (exact) mass is 211 g/mol. The third-order valence-electron chi connectivity index (χ3n) is 2.36. The number of carbonyl (C=O) groups excluding carboxylic acids is 1. The minimum atomic E-state index is -0.423. The topological polar surface area (TPSA) is 77.1 Å². The fourth-order valence-electron chi connectivity index (χ4n) is 1.62. The molecule has 0 saturated carbocycles. The summed E-state index contributed by atoms with van der Waals surface area (Å²) < 4.78 is 10.1. The van der Waals surface area contributed by atoms with Gasteiger partial charge < -0.3 is 9.47 Å². The van der Waals surface area contributed by atoms with Crippen LogP contribution in [0, 0.1) is 0 Å². The van der Waals surface area contributed by atoms with Crippen molar-refractivity contribution in [2.24, 2.45) is 0 Å². The molecule has 1 unspecified atom stereocenters. The average molecular weight is 211 g/mol. The zero-order chi connectivity index (χ0) is 10.7. The van der Waals surface area contributed by atoms with E-state index >= 15 is 0 Å². The van der Waals surface area contributed by atoms with Crippen LogP contribution in [0.3, 0.4) is 0 Å². The van der Waals surface area contributed by atoms with E-state index in [0.717, 1.165) is 6.42 Å². The molecule has 1 saturated heterocycles. The molecule has 1 aromatic rings. The Bertz CT molecular complexity index is 344. The van der Waals surface area contributed by atoms with Crippen molar-refractivity contribution < 1.29 is 14.3 Å². The summed E-state index contributed by atoms with van der Waals surface area (Å²) in [4.78, 5) is 11.5. The lowest BCUT2D eigenvalue weighted by molar-refractivity contribution is 0.0517. The number of ether oxygens (including phenoxy) is 2. The maximum atomic E-state index is 11.5. The van der Waals surface area contributed by atoms with Gasteiger partial charge in [-0.15, -0.1) is 5.10 Å². The zero-order valence-electron chi connectivity index (χ0n) is 8.52. The molecule has 1 N–H and O–H groups in total. The SMILES string of the molecule is CCOC(=O)c1n[nH]nc1C1CCOC1. The van der Waals surface area contributed by atoms with Crippen LogP contribution in [-0.2, 0) is 9.47 Å². The molecule has 0 aromatic carbocycles. The molecule has 6 nitrogen and oxygen atoms in total. The van der Waals surface area contributed by atoms with Crippen molar-refractivity contribution in [2.75, 3.05) is 19.8 Å². The van der Waals surface area contributed by atoms with E-state index in [1.54, 1.807) is 6.92 Å². The van der Waals surface area contributed by atoms with Crippen LogP contribution in [0.1, 0.15) is 35.4 Å². The van der Waals surface area contributed by atoms with Gasteiger partial charge >= 0.3 is 5.97 Å². The van der Waals surface area contributed by atoms with Crippen molar-refractivity contribution in [3.63, 3.8) is 0 Å². The van der Waals surface area contributed by atoms with Gasteiger partial charge in [0.25, 0.3) is 0 Å². The molecular formula is C9H13N3O3. The molecule has 82 valence electrons. The molecule has 0 bridgehead atoms. The Kier molecular flexibility index (Phi) is 2.96. The molecule has 0 radical (unpaired) electrons. The Hall–Kier alpha value is -1.43. The molecule has 1 aliphatic heterocycles. The lowest BCUT2D eigenvalue weighted by Gasteiger charge is -2.04. The minimum absolute atomic E-state index is 0.156. The number of H-pyrrole nitrogens is 1. The molecule has 2 heterocycles. The van der Waals surface area contributed by atoms with Crippen molar-refractivity contribution in [2.45, 2.75) is 19.3 Å². The molecule has 0 aliphatic carbocycles. The zero-order valence-corrected chi connectivity index (χ0v) is 8.52. The van der Waals surface area contributed by atoms with Gasteiger partial charge in [-0.3, -0.25) is 0 Å². The van der Waals surface area contributed by atoms with Crippen molar-refractivity contribution in [3.05, 3.63) is 11.4 Å². The second-order valence-corrected chi connectivity index (χ2v) is 3.34. The molecule has 1 fully saturated rings. The fourth-order valence-corrected chi connectivity index (χ4v) is 1.62. The lowest BCUT2D eigenvalue weighted by Crippen LogP contribution is -2.11. The highest BCUT2D eigenvalue weighted by atomic mass is 16.5. The van der Waals surface area contributed by atoms with Crippen LogP contribution in [0.2, 0.25) is 0 Å². The van der Waals surface area contributed by atoms with E-state index in [9.17, 15) is 4.79 Å². The van der Waals surface area contributed by atoms with Crippen molar-refractivity contribution in [1.82, 2.24) is 15.4 Å². The van der Waals surface area contributed by atoms with Gasteiger partial charge in [0.2, 0.25) is 0 Å². The minimum Gasteiger partial charge on any atom is -0.461 e. The Morgan fingerprint density at radius 3 is 3.20 bits per heavy atom. The first-order valence-electron chi connectivity index (χ1n) is 4.98. The van der Waals surface area contributed by atoms with Gasteiger partial charge in [0.1, 0.15) is 5.69 Å². The van der Waals surface area contributed by atoms with Crippen LogP contribution in [-0.4, -0.2) is 41.2 Å². The quantitative estimate of drug-likeness (QED) is 0.736. The summed E-state index contributed by atoms with van der Waals surface area (Å²) in [6, 6.07) is 0. The van der Waals surface area contributed by atoms with Gasteiger partial charge in [0.15, 0.2) is 5.69 Å². The molecular weight excluding hydrogens is 198 g/mol. The van der Waals surface area contributed by atoms with Gasteiger partial charge in [-0.25, -0.2) is 4.79 Å². The van der Waals surface area contributed by atoms with E-state index in [-0.39, 0.29) is 11.6 Å². The predicted octanol–water partition coefficient (Wildman–Crippen LogP) is 0.485. The molecule has 0 amide bonds. The number of aromatic nitrogens is 3. The number of hydrogen-bond donors (Lipinski definition) is 1. The summed E-state index contributed by atoms with van der Waals surface area (Å²) in [6.07, 6.45) is 0.874. The number of nitrogens with one attached hydrogen (secondary N) is 1. The normalized spacial score (nSPS) is 20.5. The molecule has 6 heteroatoms. The smallest absolute Gasteiger partial charge is 0.360 e. The van der Waals surface area contributed by atoms with Gasteiger partial charge in [-0.05, 0) is 13.3 Å². The summed E-state index contributed by atoms with van der Waals surface area (Å²) >= 11 is 0. The van der Waals surface area contributed by atoms with Gasteiger partial charge in [0.05, 0.1) is 13.2 Å². The second kappa shape index (κ2) is 4.39. The number of esters is 1. The van der Waals surface area contributed by atoms with Crippen molar-refractivity contribution in [3.8, 4) is 0 Å². The largest absolute Gasteiger partial charge is 0.461 e. The maximum absolute atomic E-state index is 11.5. The first-order chi connectivity index (χ1) is 7.33. The van der Waals surface area contributed by atoms with Crippen LogP contribution in [0.15, 0.2) is 0 Å². The molecule has 1 atom stereocenters. The van der Waals surface area contributed by atoms with Gasteiger partial charge in [-0.1, -0.05) is 0 Å². The fraction of sp³-hybridized carbons (Fsp3) is 0.667. The molecule has 1 aliphatic rings. The van der Waals surface area contributed by atoms with Crippen LogP contribution >= 0.6 is 0 Å². The Labute approximate surface area is 87.0 Å². The maximum Gasteiger partial charge on any atom is 0.360 e. The summed E-state index contributed by atoms with van der Waals surface area (Å²) in [5, 5.41) is 10.3. The number of aromatic amines is 1. The van der Waals surface area contributed by atoms with E-state index in [1.165, 1.54) is 0 Å². The standard InChI is InChI=1S/C9H13N3O3/c1-2-15-9(13)8-7(10-12-11-8)6-3-4-14-5-6/h6H,2-5H2,1H3,(H,10,11,12). The van der Waals surface area contributed by atoms with E-state index < -0.39 is 5.97 Å². The first kappa shape index (κ1) is 10.1. The molecule has 15 heavy (non-hydrogen) atoms. The van der Waals surface area contributed by atoms with E-state index in [2.05, 4.69) is 15.4 Å². The average Bonchev–Trinajstić information content (AvgIpc) is 2.88. The number of hydrogen-bond acceptors (Lipinski definition) is 5. The summed E-state index contributed by atoms with van der Waals surface area (Å²) in [7, 11) is 0. The number of nitrogens with zero attached hydrogens (tertiary/aromatic N) is 2. The van der Waals surface area contributed by atoms with Crippen LogP contribution in [0.5, 0.6) is 0 Å². The third-order valence-corrected chi connectivity index (χ3v) is 2.36. The second-order valence-electron chi connectivity index (χ2n) is 3.34. The van der Waals surface area contributed by atoms with Crippen LogP contribution in [0.25, 0.3) is 0 Å². The molecule has 1 aromatic heterocycles. The van der Waals surface area contributed by atoms with E-state index in [0.29, 0.717) is 25.5 Å². The third kappa shape index (κ3) is 1.99. The Morgan fingerprint density at radius 2 is 2.53 bits per heavy atom. The van der Waals surface area contributed by atoms with Gasteiger partial charge in [-0.2, -0.15) is 10.3 Å². The Balaban J connectivity index is 2.17. The Morgan fingerprint density at radius 1 is 1.67 bits per heavy atom. The summed E-state index contributed by atoms with van der Waals surface area (Å²) in [5.74, 6) is -0.267. The van der Waals surface area contributed by atoms with Crippen molar-refractivity contribution >= 4 is 5.97 Å². The lowest BCUT2D eigenvalue weighted by atomic mass is 10.0. The predicted molar refractivity (Wildman–Crippen MR) is 50.5 cm³/mol. The van der Waals surface area contributed by atoms with E-state index in [4.69, 9.17) is 9.47 Å². The van der Waals surface area contributed by atoms with Crippen LogP contribution < -0.4 is 0 Å². The number of carbonyl (C=O) groups is 1. The van der Waals surface area contributed by atoms with Gasteiger partial charge in [0, 0.05) is 12.5 Å². The first-order valence-corrected chi connectivity index (χ1v) is 4.98. The number of rotatable bonds is 3. The summed E-state index contributed by atoms with van der Waals surface area (Å²) in [6.45, 7) is 3.40. The highest BCUT2D eigenvalue weighted by Crippen LogP contribution is 2.25. The van der Waals surface area contributed by atoms with Crippen LogP contribution in [0.4, 0.5) is 0 Å². The molecule has 2 rings (SSSR count). The summed E-state index contributed by atoms with van der Waals surface area (Å²) in [5.41, 5.74) is 0.943. The van der Waals surface area contributed by atoms with Crippen molar-refractivity contribution in [1.29, 1.82) is 0 Å². The van der Waals surface area contributed by atoms with E-state index in [1.807, 2.05) is 0 Å².